The molecule has 3 aromatic carbocycles. The Labute approximate surface area is 188 Å². The molecule has 0 bridgehead atoms. The molecule has 1 heterocycles. The number of esters is 1. The minimum Gasteiger partial charge on any atom is -0.497 e. The van der Waals surface area contributed by atoms with Gasteiger partial charge in [0.1, 0.15) is 30.2 Å². The maximum Gasteiger partial charge on any atom is 0.407 e. The number of hydrogen-bond donors (Lipinski definition) is 1. The van der Waals surface area contributed by atoms with Crippen LogP contribution < -0.4 is 20.4 Å². The van der Waals surface area contributed by atoms with Crippen LogP contribution in [0.2, 0.25) is 0 Å². The first-order valence-corrected chi connectivity index (χ1v) is 10.2. The minimum absolute atomic E-state index is 0.0877. The molecule has 0 atom stereocenters. The van der Waals surface area contributed by atoms with Crippen molar-refractivity contribution in [3.63, 3.8) is 0 Å². The van der Waals surface area contributed by atoms with Gasteiger partial charge in [0.25, 0.3) is 0 Å². The summed E-state index contributed by atoms with van der Waals surface area (Å²) in [5.74, 6) is 0.0798. The van der Waals surface area contributed by atoms with Gasteiger partial charge in [-0.05, 0) is 42.8 Å². The summed E-state index contributed by atoms with van der Waals surface area (Å²) in [5.41, 5.74) is 1.11. The molecule has 0 fully saturated rings. The first kappa shape index (κ1) is 21.9. The van der Waals surface area contributed by atoms with Gasteiger partial charge < -0.3 is 23.9 Å². The predicted molar refractivity (Wildman–Crippen MR) is 122 cm³/mol. The van der Waals surface area contributed by atoms with Gasteiger partial charge in [0, 0.05) is 16.3 Å². The van der Waals surface area contributed by atoms with Crippen LogP contribution in [-0.4, -0.2) is 25.7 Å². The second-order valence-corrected chi connectivity index (χ2v) is 7.26. The zero-order valence-corrected chi connectivity index (χ0v) is 18.0. The van der Waals surface area contributed by atoms with Crippen molar-refractivity contribution in [1.82, 2.24) is 5.32 Å². The molecule has 0 aliphatic carbocycles. The van der Waals surface area contributed by atoms with Crippen molar-refractivity contribution in [3.05, 3.63) is 82.2 Å². The summed E-state index contributed by atoms with van der Waals surface area (Å²) < 4.78 is 21.1. The van der Waals surface area contributed by atoms with E-state index in [0.717, 1.165) is 5.56 Å². The van der Waals surface area contributed by atoms with Crippen molar-refractivity contribution >= 4 is 33.8 Å². The summed E-state index contributed by atoms with van der Waals surface area (Å²) in [5, 5.41) is 4.15. The van der Waals surface area contributed by atoms with Crippen molar-refractivity contribution < 1.29 is 28.2 Å². The molecular weight excluding hydrogens is 426 g/mol. The highest BCUT2D eigenvalue weighted by molar-refractivity contribution is 6.06. The smallest absolute Gasteiger partial charge is 0.407 e. The lowest BCUT2D eigenvalue weighted by Crippen LogP contribution is -2.32. The first-order valence-electron chi connectivity index (χ1n) is 10.2. The normalized spacial score (nSPS) is 10.7. The van der Waals surface area contributed by atoms with Crippen LogP contribution in [0.3, 0.4) is 0 Å². The summed E-state index contributed by atoms with van der Waals surface area (Å²) in [6.07, 6.45) is -0.737. The lowest BCUT2D eigenvalue weighted by Gasteiger charge is -2.11. The van der Waals surface area contributed by atoms with Gasteiger partial charge in [0.05, 0.1) is 12.5 Å². The third-order valence-corrected chi connectivity index (χ3v) is 5.10. The maximum absolute atomic E-state index is 12.5. The van der Waals surface area contributed by atoms with Crippen molar-refractivity contribution in [1.29, 1.82) is 0 Å². The molecule has 0 spiro atoms. The van der Waals surface area contributed by atoms with E-state index in [9.17, 15) is 14.4 Å². The number of rotatable bonds is 6. The largest absolute Gasteiger partial charge is 0.497 e. The summed E-state index contributed by atoms with van der Waals surface area (Å²) in [6.45, 7) is 1.39. The Morgan fingerprint density at radius 1 is 0.970 bits per heavy atom. The van der Waals surface area contributed by atoms with Gasteiger partial charge in [-0.25, -0.2) is 14.4 Å². The van der Waals surface area contributed by atoms with Crippen molar-refractivity contribution in [3.8, 4) is 11.5 Å². The van der Waals surface area contributed by atoms with Crippen molar-refractivity contribution in [2.24, 2.45) is 0 Å². The molecule has 0 saturated heterocycles. The molecule has 0 aliphatic rings. The highest BCUT2D eigenvalue weighted by atomic mass is 16.6. The van der Waals surface area contributed by atoms with Gasteiger partial charge in [-0.2, -0.15) is 0 Å². The molecule has 33 heavy (non-hydrogen) atoms. The van der Waals surface area contributed by atoms with E-state index in [1.807, 2.05) is 30.3 Å². The van der Waals surface area contributed by atoms with E-state index in [0.29, 0.717) is 33.1 Å². The van der Waals surface area contributed by atoms with Crippen LogP contribution in [0.4, 0.5) is 4.79 Å². The number of amides is 1. The molecule has 0 saturated carbocycles. The van der Waals surface area contributed by atoms with Gasteiger partial charge in [0.15, 0.2) is 0 Å². The Morgan fingerprint density at radius 3 is 2.48 bits per heavy atom. The number of carbonyl (C=O) groups excluding carboxylic acids is 2. The van der Waals surface area contributed by atoms with E-state index in [4.69, 9.17) is 18.6 Å². The van der Waals surface area contributed by atoms with Crippen LogP contribution in [0.15, 0.2) is 69.9 Å². The summed E-state index contributed by atoms with van der Waals surface area (Å²) in [6, 6.07) is 17.7. The zero-order chi connectivity index (χ0) is 23.4. The lowest BCUT2D eigenvalue weighted by molar-refractivity contribution is -0.133. The quantitative estimate of drug-likeness (QED) is 0.205. The van der Waals surface area contributed by atoms with Gasteiger partial charge in [-0.1, -0.05) is 30.3 Å². The predicted octanol–water partition coefficient (Wildman–Crippen LogP) is 4.10. The van der Waals surface area contributed by atoms with Gasteiger partial charge in [0.2, 0.25) is 0 Å². The Morgan fingerprint density at radius 2 is 1.73 bits per heavy atom. The number of aryl methyl sites for hydroxylation is 1. The SMILES string of the molecule is COc1ccc2c(c1)c(=O)oc1c(C)c(OC(=O)CNC(=O)OCc3ccccc3)ccc12. The molecule has 8 heteroatoms. The van der Waals surface area contributed by atoms with Crippen LogP contribution in [0, 0.1) is 6.92 Å². The summed E-state index contributed by atoms with van der Waals surface area (Å²) in [7, 11) is 1.52. The third kappa shape index (κ3) is 4.79. The number of carbonyl (C=O) groups is 2. The summed E-state index contributed by atoms with van der Waals surface area (Å²) in [4.78, 5) is 36.6. The second-order valence-electron chi connectivity index (χ2n) is 7.26. The molecule has 1 N–H and O–H groups in total. The van der Waals surface area contributed by atoms with Crippen LogP contribution in [0.25, 0.3) is 21.7 Å². The highest BCUT2D eigenvalue weighted by Crippen LogP contribution is 2.32. The van der Waals surface area contributed by atoms with E-state index < -0.39 is 17.7 Å². The standard InChI is InChI=1S/C25H21NO7/c1-15-21(32-22(27)13-26-25(29)31-14-16-6-4-3-5-7-16)11-10-19-18-9-8-17(30-2)12-20(18)24(28)33-23(15)19/h3-12H,13-14H2,1-2H3,(H,26,29). The number of alkyl carbamates (subject to hydrolysis) is 1. The second kappa shape index (κ2) is 9.44. The average molecular weight is 447 g/mol. The first-order chi connectivity index (χ1) is 16.0. The summed E-state index contributed by atoms with van der Waals surface area (Å²) >= 11 is 0. The van der Waals surface area contributed by atoms with Crippen LogP contribution in [0.5, 0.6) is 11.5 Å². The van der Waals surface area contributed by atoms with E-state index in [-0.39, 0.29) is 18.9 Å². The fourth-order valence-electron chi connectivity index (χ4n) is 3.41. The molecule has 0 unspecified atom stereocenters. The van der Waals surface area contributed by atoms with E-state index in [1.54, 1.807) is 37.3 Å². The fourth-order valence-corrected chi connectivity index (χ4v) is 3.41. The van der Waals surface area contributed by atoms with Crippen molar-refractivity contribution in [2.45, 2.75) is 13.5 Å². The number of methoxy groups -OCH3 is 1. The van der Waals surface area contributed by atoms with Crippen LogP contribution in [-0.2, 0) is 16.1 Å². The van der Waals surface area contributed by atoms with E-state index >= 15 is 0 Å². The molecule has 1 aromatic heterocycles. The van der Waals surface area contributed by atoms with Crippen LogP contribution >= 0.6 is 0 Å². The molecule has 0 aliphatic heterocycles. The molecule has 168 valence electrons. The number of fused-ring (bicyclic) bond motifs is 3. The monoisotopic (exact) mass is 447 g/mol. The highest BCUT2D eigenvalue weighted by Gasteiger charge is 2.16. The number of nitrogens with one attached hydrogen (secondary N) is 1. The minimum atomic E-state index is -0.737. The lowest BCUT2D eigenvalue weighted by atomic mass is 10.0. The Bertz CT molecular complexity index is 1390. The zero-order valence-electron chi connectivity index (χ0n) is 18.0. The number of ether oxygens (including phenoxy) is 3. The van der Waals surface area contributed by atoms with E-state index in [1.165, 1.54) is 7.11 Å². The molecule has 1 amide bonds. The van der Waals surface area contributed by atoms with Gasteiger partial charge in [-0.15, -0.1) is 0 Å². The van der Waals surface area contributed by atoms with Crippen molar-refractivity contribution in [2.75, 3.05) is 13.7 Å². The third-order valence-electron chi connectivity index (χ3n) is 5.10. The fraction of sp³-hybridized carbons (Fsp3) is 0.160. The molecule has 4 rings (SSSR count). The molecule has 0 radical (unpaired) electrons. The molecule has 8 nitrogen and oxygen atoms in total. The maximum atomic E-state index is 12.5. The topological polar surface area (TPSA) is 104 Å². The van der Waals surface area contributed by atoms with E-state index in [2.05, 4.69) is 5.32 Å². The van der Waals surface area contributed by atoms with Crippen LogP contribution in [0.1, 0.15) is 11.1 Å². The Hall–Kier alpha value is -4.33. The molecular formula is C25H21NO7. The Balaban J connectivity index is 1.45. The number of hydrogen-bond acceptors (Lipinski definition) is 7. The van der Waals surface area contributed by atoms with Gasteiger partial charge in [-0.3, -0.25) is 0 Å². The Kier molecular flexibility index (Phi) is 6.26. The average Bonchev–Trinajstić information content (AvgIpc) is 2.84. The van der Waals surface area contributed by atoms with Gasteiger partial charge >= 0.3 is 17.7 Å². The number of benzene rings is 3. The molecule has 4 aromatic rings.